The second-order valence-corrected chi connectivity index (χ2v) is 4.47. The first-order valence-electron chi connectivity index (χ1n) is 6.51. The fourth-order valence-electron chi connectivity index (χ4n) is 1.69. The Bertz CT molecular complexity index is 345. The minimum Gasteiger partial charge on any atom is -0.291 e. The fourth-order valence-corrected chi connectivity index (χ4v) is 1.69. The predicted molar refractivity (Wildman–Crippen MR) is 74.7 cm³/mol. The molecule has 0 radical (unpaired) electrons. The van der Waals surface area contributed by atoms with E-state index in [1.165, 1.54) is 24.8 Å². The molecular formula is C16H23N. The van der Waals surface area contributed by atoms with Crippen LogP contribution < -0.4 is 0 Å². The smallest absolute Gasteiger partial charge is 0.0601 e. The van der Waals surface area contributed by atoms with E-state index in [0.29, 0.717) is 0 Å². The molecule has 17 heavy (non-hydrogen) atoms. The summed E-state index contributed by atoms with van der Waals surface area (Å²) >= 11 is 0. The van der Waals surface area contributed by atoms with Crippen LogP contribution in [-0.4, -0.2) is 18.5 Å². The van der Waals surface area contributed by atoms with E-state index in [9.17, 15) is 0 Å². The summed E-state index contributed by atoms with van der Waals surface area (Å²) in [6, 6.07) is 10.5. The molecule has 0 heterocycles. The van der Waals surface area contributed by atoms with Crippen molar-refractivity contribution in [2.75, 3.05) is 13.6 Å². The highest BCUT2D eigenvalue weighted by atomic mass is 15.1. The minimum absolute atomic E-state index is 0.862. The van der Waals surface area contributed by atoms with Crippen molar-refractivity contribution in [1.82, 2.24) is 4.90 Å². The molecule has 0 saturated carbocycles. The highest BCUT2D eigenvalue weighted by Crippen LogP contribution is 2.01. The van der Waals surface area contributed by atoms with Crippen LogP contribution in [0.4, 0.5) is 0 Å². The topological polar surface area (TPSA) is 3.24 Å². The Kier molecular flexibility index (Phi) is 7.18. The number of benzene rings is 1. The average molecular weight is 229 g/mol. The highest BCUT2D eigenvalue weighted by molar-refractivity contribution is 5.14. The zero-order valence-electron chi connectivity index (χ0n) is 11.1. The molecule has 0 aliphatic carbocycles. The van der Waals surface area contributed by atoms with Gasteiger partial charge < -0.3 is 0 Å². The second-order valence-electron chi connectivity index (χ2n) is 4.47. The first-order valence-corrected chi connectivity index (χ1v) is 6.51. The highest BCUT2D eigenvalue weighted by Gasteiger charge is 1.96. The van der Waals surface area contributed by atoms with E-state index in [4.69, 9.17) is 0 Å². The number of hydrogen-bond acceptors (Lipinski definition) is 1. The molecule has 1 rings (SSSR count). The molecule has 1 aromatic carbocycles. The van der Waals surface area contributed by atoms with Gasteiger partial charge in [0.05, 0.1) is 6.54 Å². The van der Waals surface area contributed by atoms with Gasteiger partial charge >= 0.3 is 0 Å². The van der Waals surface area contributed by atoms with Gasteiger partial charge in [0.25, 0.3) is 0 Å². The Morgan fingerprint density at radius 2 is 1.82 bits per heavy atom. The zero-order valence-corrected chi connectivity index (χ0v) is 11.1. The van der Waals surface area contributed by atoms with Crippen LogP contribution in [-0.2, 0) is 6.54 Å². The molecule has 1 nitrogen and oxygen atoms in total. The zero-order chi connectivity index (χ0) is 12.3. The van der Waals surface area contributed by atoms with Crippen molar-refractivity contribution >= 4 is 0 Å². The van der Waals surface area contributed by atoms with E-state index in [0.717, 1.165) is 19.5 Å². The third-order valence-electron chi connectivity index (χ3n) is 2.67. The molecule has 0 spiro atoms. The lowest BCUT2D eigenvalue weighted by Crippen LogP contribution is -2.17. The molecule has 0 aliphatic heterocycles. The Balaban J connectivity index is 2.19. The van der Waals surface area contributed by atoms with E-state index in [-0.39, 0.29) is 0 Å². The van der Waals surface area contributed by atoms with Crippen molar-refractivity contribution < 1.29 is 0 Å². The van der Waals surface area contributed by atoms with Crippen LogP contribution in [0.15, 0.2) is 30.3 Å². The van der Waals surface area contributed by atoms with Gasteiger partial charge in [0, 0.05) is 13.0 Å². The molecule has 0 N–H and O–H groups in total. The van der Waals surface area contributed by atoms with Crippen LogP contribution in [0.2, 0.25) is 0 Å². The maximum absolute atomic E-state index is 3.25. The molecule has 0 fully saturated rings. The molecule has 0 saturated heterocycles. The van der Waals surface area contributed by atoms with E-state index in [1.807, 2.05) is 0 Å². The third kappa shape index (κ3) is 6.81. The van der Waals surface area contributed by atoms with Crippen LogP contribution in [0, 0.1) is 11.8 Å². The molecule has 1 heteroatoms. The normalized spacial score (nSPS) is 10.1. The Morgan fingerprint density at radius 1 is 1.06 bits per heavy atom. The quantitative estimate of drug-likeness (QED) is 0.531. The Hall–Kier alpha value is -1.26. The molecule has 92 valence electrons. The van der Waals surface area contributed by atoms with Gasteiger partial charge in [-0.15, -0.1) is 5.92 Å². The lowest BCUT2D eigenvalue weighted by atomic mass is 10.2. The van der Waals surface area contributed by atoms with E-state index < -0.39 is 0 Å². The third-order valence-corrected chi connectivity index (χ3v) is 2.67. The van der Waals surface area contributed by atoms with Crippen LogP contribution in [0.25, 0.3) is 0 Å². The van der Waals surface area contributed by atoms with Gasteiger partial charge in [-0.3, -0.25) is 4.90 Å². The van der Waals surface area contributed by atoms with E-state index in [1.54, 1.807) is 0 Å². The van der Waals surface area contributed by atoms with Crippen LogP contribution in [0.1, 0.15) is 38.2 Å². The Morgan fingerprint density at radius 3 is 2.53 bits per heavy atom. The van der Waals surface area contributed by atoms with Crippen LogP contribution in [0.3, 0.4) is 0 Å². The maximum atomic E-state index is 3.25. The first kappa shape index (κ1) is 13.8. The SMILES string of the molecule is CCCCCC#CCN(C)Cc1ccccc1. The molecule has 0 aromatic heterocycles. The summed E-state index contributed by atoms with van der Waals surface area (Å²) in [5.41, 5.74) is 1.35. The average Bonchev–Trinajstić information content (AvgIpc) is 2.35. The van der Waals surface area contributed by atoms with Crippen molar-refractivity contribution in [3.05, 3.63) is 35.9 Å². The molecule has 0 amide bonds. The lowest BCUT2D eigenvalue weighted by molar-refractivity contribution is 0.369. The number of nitrogens with zero attached hydrogens (tertiary/aromatic N) is 1. The monoisotopic (exact) mass is 229 g/mol. The lowest BCUT2D eigenvalue weighted by Gasteiger charge is -2.12. The molecule has 0 unspecified atom stereocenters. The van der Waals surface area contributed by atoms with Crippen LogP contribution in [0.5, 0.6) is 0 Å². The minimum atomic E-state index is 0.862. The molecule has 1 aromatic rings. The number of rotatable bonds is 6. The van der Waals surface area contributed by atoms with E-state index >= 15 is 0 Å². The van der Waals surface area contributed by atoms with Crippen molar-refractivity contribution in [1.29, 1.82) is 0 Å². The van der Waals surface area contributed by atoms with Gasteiger partial charge in [-0.1, -0.05) is 56.0 Å². The summed E-state index contributed by atoms with van der Waals surface area (Å²) in [6.07, 6.45) is 4.86. The van der Waals surface area contributed by atoms with E-state index in [2.05, 4.69) is 61.0 Å². The maximum Gasteiger partial charge on any atom is 0.0601 e. The predicted octanol–water partition coefficient (Wildman–Crippen LogP) is 3.70. The van der Waals surface area contributed by atoms with Gasteiger partial charge in [0.2, 0.25) is 0 Å². The standard InChI is InChI=1S/C16H23N/c1-3-4-5-6-7-11-14-17(2)15-16-12-9-8-10-13-16/h8-10,12-13H,3-6,14-15H2,1-2H3. The summed E-state index contributed by atoms with van der Waals surface area (Å²) in [4.78, 5) is 2.25. The van der Waals surface area contributed by atoms with Crippen molar-refractivity contribution in [2.45, 2.75) is 39.2 Å². The fraction of sp³-hybridized carbons (Fsp3) is 0.500. The molecular weight excluding hydrogens is 206 g/mol. The Labute approximate surface area is 106 Å². The first-order chi connectivity index (χ1) is 8.33. The summed E-state index contributed by atoms with van der Waals surface area (Å²) in [5.74, 6) is 6.49. The van der Waals surface area contributed by atoms with Gasteiger partial charge in [-0.25, -0.2) is 0 Å². The number of unbranched alkanes of at least 4 members (excludes halogenated alkanes) is 3. The van der Waals surface area contributed by atoms with Gasteiger partial charge in [-0.2, -0.15) is 0 Å². The summed E-state index contributed by atoms with van der Waals surface area (Å²) in [7, 11) is 2.12. The molecule has 0 aliphatic rings. The summed E-state index contributed by atoms with van der Waals surface area (Å²) in [6.45, 7) is 4.06. The van der Waals surface area contributed by atoms with Crippen molar-refractivity contribution in [3.8, 4) is 11.8 Å². The van der Waals surface area contributed by atoms with Crippen LogP contribution >= 0.6 is 0 Å². The van der Waals surface area contributed by atoms with Gasteiger partial charge in [0.15, 0.2) is 0 Å². The van der Waals surface area contributed by atoms with Crippen molar-refractivity contribution in [3.63, 3.8) is 0 Å². The van der Waals surface area contributed by atoms with Gasteiger partial charge in [-0.05, 0) is 19.0 Å². The largest absolute Gasteiger partial charge is 0.291 e. The summed E-state index contributed by atoms with van der Waals surface area (Å²) in [5, 5.41) is 0. The number of hydrogen-bond donors (Lipinski definition) is 0. The second kappa shape index (κ2) is 8.84. The van der Waals surface area contributed by atoms with Gasteiger partial charge in [0.1, 0.15) is 0 Å². The summed E-state index contributed by atoms with van der Waals surface area (Å²) < 4.78 is 0. The molecule has 0 atom stereocenters. The molecule has 0 bridgehead atoms. The van der Waals surface area contributed by atoms with Crippen molar-refractivity contribution in [2.24, 2.45) is 0 Å².